The van der Waals surface area contributed by atoms with Gasteiger partial charge in [-0.15, -0.1) is 0 Å². The maximum Gasteiger partial charge on any atom is 0.341 e. The van der Waals surface area contributed by atoms with Crippen molar-refractivity contribution in [1.29, 1.82) is 0 Å². The number of carbonyl (C=O) groups is 1. The average Bonchev–Trinajstić information content (AvgIpc) is 3.33. The minimum Gasteiger partial charge on any atom is -0.482 e. The number of allylic oxidation sites excluding steroid dienone is 1. The molecule has 2 aliphatic rings. The fraction of sp³-hybridized carbons (Fsp3) is 0.423. The van der Waals surface area contributed by atoms with Crippen LogP contribution in [0.5, 0.6) is 5.75 Å². The van der Waals surface area contributed by atoms with Crippen LogP contribution in [0, 0.1) is 5.92 Å². The topological polar surface area (TPSA) is 81.0 Å². The fourth-order valence-electron chi connectivity index (χ4n) is 4.64. The number of aromatic nitrogens is 1. The molecule has 0 saturated heterocycles. The predicted molar refractivity (Wildman–Crippen MR) is 124 cm³/mol. The molecule has 0 aliphatic heterocycles. The Kier molecular flexibility index (Phi) is 7.54. The molecule has 0 unspecified atom stereocenters. The summed E-state index contributed by atoms with van der Waals surface area (Å²) in [5.41, 5.74) is 5.40. The molecule has 1 saturated carbocycles. The number of pyridine rings is 1. The molecular weight excluding hydrogens is 404 g/mol. The van der Waals surface area contributed by atoms with E-state index in [0.717, 1.165) is 48.1 Å². The number of oxime groups is 1. The van der Waals surface area contributed by atoms with E-state index in [-0.39, 0.29) is 6.61 Å². The van der Waals surface area contributed by atoms with Crippen molar-refractivity contribution in [2.45, 2.75) is 51.4 Å². The molecule has 0 amide bonds. The van der Waals surface area contributed by atoms with E-state index in [1.807, 2.05) is 30.5 Å². The van der Waals surface area contributed by atoms with Crippen LogP contribution in [-0.4, -0.2) is 35.0 Å². The summed E-state index contributed by atoms with van der Waals surface area (Å²) in [4.78, 5) is 20.9. The lowest BCUT2D eigenvalue weighted by Gasteiger charge is -2.20. The standard InChI is InChI=1S/C26H30N2O4/c29-26(30)18-31-25-12-4-10-22-20(8-3-11-23(22)25)13-15-32-28-24(16-19-6-1-2-7-19)21-9-5-14-27-17-21/h4-5,8-10,12,14,17,19H,1-3,6-7,11,13,15-16,18H2,(H,29,30)/b28-24-. The zero-order valence-electron chi connectivity index (χ0n) is 18.3. The van der Waals surface area contributed by atoms with Gasteiger partial charge in [0.05, 0.1) is 5.71 Å². The van der Waals surface area contributed by atoms with Gasteiger partial charge in [-0.2, -0.15) is 0 Å². The number of fused-ring (bicyclic) bond motifs is 1. The molecule has 1 aromatic heterocycles. The molecule has 1 N–H and O–H groups in total. The summed E-state index contributed by atoms with van der Waals surface area (Å²) in [5, 5.41) is 13.4. The Bertz CT molecular complexity index is 979. The number of carboxylic acids is 1. The number of nitrogens with zero attached hydrogens (tertiary/aromatic N) is 2. The molecule has 4 rings (SSSR count). The van der Waals surface area contributed by atoms with Gasteiger partial charge >= 0.3 is 5.97 Å². The van der Waals surface area contributed by atoms with Crippen molar-refractivity contribution in [3.63, 3.8) is 0 Å². The van der Waals surface area contributed by atoms with Crippen LogP contribution >= 0.6 is 0 Å². The van der Waals surface area contributed by atoms with Crippen LogP contribution < -0.4 is 4.74 Å². The van der Waals surface area contributed by atoms with Gasteiger partial charge in [-0.3, -0.25) is 4.98 Å². The van der Waals surface area contributed by atoms with Crippen molar-refractivity contribution in [2.24, 2.45) is 11.1 Å². The Labute approximate surface area is 189 Å². The van der Waals surface area contributed by atoms with E-state index in [9.17, 15) is 4.79 Å². The molecule has 2 aromatic rings. The molecule has 168 valence electrons. The van der Waals surface area contributed by atoms with E-state index in [1.54, 1.807) is 6.20 Å². The van der Waals surface area contributed by atoms with Crippen molar-refractivity contribution in [3.05, 3.63) is 65.5 Å². The molecule has 0 spiro atoms. The van der Waals surface area contributed by atoms with E-state index in [0.29, 0.717) is 18.3 Å². The highest BCUT2D eigenvalue weighted by molar-refractivity contribution is 6.00. The van der Waals surface area contributed by atoms with Crippen LogP contribution in [0.15, 0.2) is 54.0 Å². The Morgan fingerprint density at radius 1 is 1.19 bits per heavy atom. The van der Waals surface area contributed by atoms with Gasteiger partial charge in [0.25, 0.3) is 0 Å². The van der Waals surface area contributed by atoms with Crippen LogP contribution in [0.2, 0.25) is 0 Å². The van der Waals surface area contributed by atoms with Crippen molar-refractivity contribution in [1.82, 2.24) is 4.98 Å². The summed E-state index contributed by atoms with van der Waals surface area (Å²) >= 11 is 0. The van der Waals surface area contributed by atoms with Crippen LogP contribution in [0.25, 0.3) is 5.57 Å². The Balaban J connectivity index is 1.40. The number of hydrogen-bond donors (Lipinski definition) is 1. The summed E-state index contributed by atoms with van der Waals surface area (Å²) < 4.78 is 5.50. The molecule has 1 fully saturated rings. The lowest BCUT2D eigenvalue weighted by atomic mass is 9.89. The van der Waals surface area contributed by atoms with E-state index < -0.39 is 5.97 Å². The van der Waals surface area contributed by atoms with Crippen LogP contribution in [0.3, 0.4) is 0 Å². The second kappa shape index (κ2) is 10.9. The van der Waals surface area contributed by atoms with Crippen molar-refractivity contribution in [2.75, 3.05) is 13.2 Å². The Morgan fingerprint density at radius 3 is 2.84 bits per heavy atom. The smallest absolute Gasteiger partial charge is 0.341 e. The number of hydrogen-bond acceptors (Lipinski definition) is 5. The Hall–Kier alpha value is -3.15. The first-order valence-electron chi connectivity index (χ1n) is 11.5. The molecule has 6 heteroatoms. The zero-order valence-corrected chi connectivity index (χ0v) is 18.3. The predicted octanol–water partition coefficient (Wildman–Crippen LogP) is 5.27. The van der Waals surface area contributed by atoms with Crippen LogP contribution in [0.1, 0.15) is 61.6 Å². The zero-order chi connectivity index (χ0) is 22.2. The van der Waals surface area contributed by atoms with Crippen LogP contribution in [0.4, 0.5) is 0 Å². The SMILES string of the molecule is O=C(O)COc1cccc2c1CCC=C2CCO/N=C(/CC1CCCC1)c1cccnc1. The number of ether oxygens (including phenoxy) is 1. The lowest BCUT2D eigenvalue weighted by Crippen LogP contribution is -2.12. The van der Waals surface area contributed by atoms with Gasteiger partial charge in [-0.25, -0.2) is 4.79 Å². The van der Waals surface area contributed by atoms with Gasteiger partial charge < -0.3 is 14.7 Å². The van der Waals surface area contributed by atoms with Crippen molar-refractivity contribution >= 4 is 17.3 Å². The molecule has 2 aliphatic carbocycles. The van der Waals surface area contributed by atoms with Gasteiger partial charge in [0.15, 0.2) is 6.61 Å². The van der Waals surface area contributed by atoms with Crippen molar-refractivity contribution < 1.29 is 19.5 Å². The molecule has 6 nitrogen and oxygen atoms in total. The summed E-state index contributed by atoms with van der Waals surface area (Å²) in [7, 11) is 0. The highest BCUT2D eigenvalue weighted by atomic mass is 16.6. The molecule has 1 heterocycles. The normalized spacial score (nSPS) is 16.4. The van der Waals surface area contributed by atoms with E-state index in [2.05, 4.69) is 22.3 Å². The quantitative estimate of drug-likeness (QED) is 0.313. The van der Waals surface area contributed by atoms with Gasteiger partial charge in [0.1, 0.15) is 12.4 Å². The third-order valence-corrected chi connectivity index (χ3v) is 6.20. The number of aliphatic carboxylic acids is 1. The van der Waals surface area contributed by atoms with Gasteiger partial charge in [-0.05, 0) is 54.5 Å². The van der Waals surface area contributed by atoms with Gasteiger partial charge in [0, 0.05) is 29.9 Å². The minimum atomic E-state index is -0.970. The second-order valence-corrected chi connectivity index (χ2v) is 8.45. The Morgan fingerprint density at radius 2 is 2.06 bits per heavy atom. The highest BCUT2D eigenvalue weighted by Gasteiger charge is 2.20. The van der Waals surface area contributed by atoms with Crippen molar-refractivity contribution in [3.8, 4) is 5.75 Å². The molecular formula is C26H30N2O4. The summed E-state index contributed by atoms with van der Waals surface area (Å²) in [6.45, 7) is 0.158. The number of benzene rings is 1. The highest BCUT2D eigenvalue weighted by Crippen LogP contribution is 2.34. The monoisotopic (exact) mass is 434 g/mol. The first-order valence-corrected chi connectivity index (χ1v) is 11.5. The first kappa shape index (κ1) is 22.1. The molecule has 0 radical (unpaired) electrons. The fourth-order valence-corrected chi connectivity index (χ4v) is 4.64. The van der Waals surface area contributed by atoms with Gasteiger partial charge in [0.2, 0.25) is 0 Å². The second-order valence-electron chi connectivity index (χ2n) is 8.45. The average molecular weight is 435 g/mol. The molecule has 0 atom stereocenters. The van der Waals surface area contributed by atoms with E-state index >= 15 is 0 Å². The van der Waals surface area contributed by atoms with Crippen LogP contribution in [-0.2, 0) is 16.1 Å². The molecule has 32 heavy (non-hydrogen) atoms. The number of carboxylic acid groups (broad SMARTS) is 1. The summed E-state index contributed by atoms with van der Waals surface area (Å²) in [6.07, 6.45) is 14.4. The molecule has 0 bridgehead atoms. The third-order valence-electron chi connectivity index (χ3n) is 6.20. The number of rotatable bonds is 10. The molecule has 1 aromatic carbocycles. The maximum absolute atomic E-state index is 10.9. The van der Waals surface area contributed by atoms with E-state index in [1.165, 1.54) is 31.3 Å². The largest absolute Gasteiger partial charge is 0.482 e. The van der Waals surface area contributed by atoms with E-state index in [4.69, 9.17) is 14.7 Å². The summed E-state index contributed by atoms with van der Waals surface area (Å²) in [6, 6.07) is 9.80. The van der Waals surface area contributed by atoms with Gasteiger partial charge in [-0.1, -0.05) is 49.0 Å². The third kappa shape index (κ3) is 5.75. The minimum absolute atomic E-state index is 0.328. The maximum atomic E-state index is 10.9. The first-order chi connectivity index (χ1) is 15.7. The summed E-state index contributed by atoms with van der Waals surface area (Å²) in [5.74, 6) is 0.363. The lowest BCUT2D eigenvalue weighted by molar-refractivity contribution is -0.139.